The third-order valence-corrected chi connectivity index (χ3v) is 14.6. The maximum atomic E-state index is 11.9. The van der Waals surface area contributed by atoms with Crippen LogP contribution in [0.3, 0.4) is 0 Å². The zero-order valence-electron chi connectivity index (χ0n) is 39.4. The zero-order valence-corrected chi connectivity index (χ0v) is 41.0. The number of rotatable bonds is 12. The Hall–Kier alpha value is -5.99. The molecule has 340 valence electrons. The van der Waals surface area contributed by atoms with E-state index in [1.807, 2.05) is 19.1 Å². The molecule has 5 aromatic carbocycles. The molecule has 0 bridgehead atoms. The van der Waals surface area contributed by atoms with E-state index in [9.17, 15) is 13.0 Å². The molecule has 0 fully saturated rings. The second-order valence-corrected chi connectivity index (χ2v) is 20.2. The average molecular weight is 917 g/mol. The van der Waals surface area contributed by atoms with Gasteiger partial charge >= 0.3 is 0 Å². The smallest absolute Gasteiger partial charge is 0.210 e. The summed E-state index contributed by atoms with van der Waals surface area (Å²) in [6.45, 7) is 20.3. The first-order valence-electron chi connectivity index (χ1n) is 23.1. The minimum Gasteiger partial charge on any atom is -0.744 e. The van der Waals surface area contributed by atoms with Crippen LogP contribution < -0.4 is 20.3 Å². The Morgan fingerprint density at radius 2 is 1.61 bits per heavy atom. The molecule has 0 spiro atoms. The van der Waals surface area contributed by atoms with Crippen molar-refractivity contribution in [3.63, 3.8) is 0 Å². The van der Waals surface area contributed by atoms with Gasteiger partial charge in [-0.15, -0.1) is 5.92 Å². The molecule has 3 aliphatic rings. The van der Waals surface area contributed by atoms with Gasteiger partial charge in [0.1, 0.15) is 28.2 Å². The van der Waals surface area contributed by atoms with Crippen LogP contribution in [0.5, 0.6) is 5.75 Å². The number of fused-ring (bicyclic) bond motifs is 6. The Morgan fingerprint density at radius 1 is 0.879 bits per heavy atom. The molecule has 5 aromatic rings. The summed E-state index contributed by atoms with van der Waals surface area (Å²) in [6, 6.07) is 28.4. The topological polar surface area (TPSA) is 96.7 Å². The van der Waals surface area contributed by atoms with Crippen molar-refractivity contribution in [3.05, 3.63) is 154 Å². The number of anilines is 1. The fourth-order valence-corrected chi connectivity index (χ4v) is 11.0. The van der Waals surface area contributed by atoms with Gasteiger partial charge in [-0.05, 0) is 172 Å². The molecule has 0 aromatic heterocycles. The van der Waals surface area contributed by atoms with Crippen molar-refractivity contribution in [3.8, 4) is 17.6 Å². The van der Waals surface area contributed by atoms with Gasteiger partial charge in [0.05, 0.1) is 16.9 Å². The Balaban J connectivity index is 1.17. The van der Waals surface area contributed by atoms with E-state index in [0.717, 1.165) is 89.2 Å². The lowest BCUT2D eigenvalue weighted by Crippen LogP contribution is -2.36. The van der Waals surface area contributed by atoms with Gasteiger partial charge in [0.15, 0.2) is 10.8 Å². The van der Waals surface area contributed by atoms with Gasteiger partial charge in [-0.25, -0.2) is 8.42 Å². The molecule has 1 aliphatic carbocycles. The van der Waals surface area contributed by atoms with E-state index in [0.29, 0.717) is 18.2 Å². The molecule has 0 radical (unpaired) electrons. The maximum absolute atomic E-state index is 11.9. The van der Waals surface area contributed by atoms with E-state index in [4.69, 9.17) is 17.0 Å². The molecule has 8 nitrogen and oxygen atoms in total. The summed E-state index contributed by atoms with van der Waals surface area (Å²) in [5.74, 6) is 7.49. The predicted molar refractivity (Wildman–Crippen MR) is 274 cm³/mol. The fourth-order valence-electron chi connectivity index (χ4n) is 10.3. The van der Waals surface area contributed by atoms with E-state index < -0.39 is 15.5 Å². The number of hydrogen-bond acceptors (Lipinski definition) is 6. The van der Waals surface area contributed by atoms with Gasteiger partial charge in [0, 0.05) is 47.6 Å². The van der Waals surface area contributed by atoms with Crippen molar-refractivity contribution in [1.29, 1.82) is 0 Å². The summed E-state index contributed by atoms with van der Waals surface area (Å²) in [5, 5.41) is 11.2. The normalized spacial score (nSPS) is 17.7. The summed E-state index contributed by atoms with van der Waals surface area (Å²) in [7, 11) is -4.59. The van der Waals surface area contributed by atoms with Crippen LogP contribution in [0.1, 0.15) is 90.0 Å². The molecule has 0 saturated carbocycles. The number of hydrogen-bond donors (Lipinski definition) is 2. The minimum absolute atomic E-state index is 0.219. The average Bonchev–Trinajstić information content (AvgIpc) is 3.66. The third-order valence-electron chi connectivity index (χ3n) is 13.5. The van der Waals surface area contributed by atoms with Gasteiger partial charge in [-0.2, -0.15) is 4.58 Å². The molecule has 2 aliphatic heterocycles. The maximum Gasteiger partial charge on any atom is 0.210 e. The summed E-state index contributed by atoms with van der Waals surface area (Å²) in [5.41, 5.74) is 11.3. The lowest BCUT2D eigenvalue weighted by Gasteiger charge is -2.27. The van der Waals surface area contributed by atoms with Crippen molar-refractivity contribution in [2.75, 3.05) is 31.1 Å². The Morgan fingerprint density at radius 3 is 2.33 bits per heavy atom. The lowest BCUT2D eigenvalue weighted by molar-refractivity contribution is -0.433. The summed E-state index contributed by atoms with van der Waals surface area (Å²) in [4.78, 5) is 2.25. The molecule has 0 amide bonds. The van der Waals surface area contributed by atoms with Crippen LogP contribution in [0, 0.1) is 18.8 Å². The Kier molecular flexibility index (Phi) is 13.2. The van der Waals surface area contributed by atoms with E-state index in [1.54, 1.807) is 6.07 Å². The van der Waals surface area contributed by atoms with Crippen molar-refractivity contribution in [1.82, 2.24) is 10.6 Å². The van der Waals surface area contributed by atoms with Crippen LogP contribution in [0.25, 0.3) is 21.5 Å². The highest BCUT2D eigenvalue weighted by atomic mass is 32.2. The molecule has 2 N–H and O–H groups in total. The van der Waals surface area contributed by atoms with Gasteiger partial charge < -0.3 is 24.8 Å². The zero-order chi connectivity index (χ0) is 47.0. The molecule has 2 heterocycles. The number of nitrogens with zero attached hydrogens (tertiary/aromatic N) is 2. The molecular weight excluding hydrogens is 857 g/mol. The molecule has 10 heteroatoms. The molecule has 66 heavy (non-hydrogen) atoms. The van der Waals surface area contributed by atoms with Crippen molar-refractivity contribution >= 4 is 66.1 Å². The van der Waals surface area contributed by atoms with Crippen LogP contribution >= 0.6 is 12.2 Å². The lowest BCUT2D eigenvalue weighted by atomic mass is 9.78. The highest BCUT2D eigenvalue weighted by molar-refractivity contribution is 7.85. The summed E-state index contributed by atoms with van der Waals surface area (Å²) in [6.07, 6.45) is 12.6. The van der Waals surface area contributed by atoms with Crippen molar-refractivity contribution < 1.29 is 22.3 Å². The highest BCUT2D eigenvalue weighted by Gasteiger charge is 2.45. The number of benzene rings is 5. The summed E-state index contributed by atoms with van der Waals surface area (Å²) >= 11 is 5.41. The van der Waals surface area contributed by atoms with Crippen LogP contribution in [0.2, 0.25) is 0 Å². The van der Waals surface area contributed by atoms with Crippen molar-refractivity contribution in [2.24, 2.45) is 0 Å². The van der Waals surface area contributed by atoms with Crippen molar-refractivity contribution in [2.45, 2.75) is 96.8 Å². The van der Waals surface area contributed by atoms with Crippen LogP contribution in [0.15, 0.2) is 137 Å². The second kappa shape index (κ2) is 18.7. The predicted octanol–water partition coefficient (Wildman–Crippen LogP) is 11.3. The number of likely N-dealkylation sites (N-methyl/N-ethyl adjacent to an activating group) is 1. The van der Waals surface area contributed by atoms with E-state index in [1.165, 1.54) is 51.0 Å². The van der Waals surface area contributed by atoms with Crippen LogP contribution in [-0.2, 0) is 27.4 Å². The molecule has 8 rings (SSSR count). The fraction of sp³-hybridized carbons (Fsp3) is 0.321. The number of aryl methyl sites for hydroxylation is 1. The first-order chi connectivity index (χ1) is 31.6. The first-order valence-corrected chi connectivity index (χ1v) is 24.9. The second-order valence-electron chi connectivity index (χ2n) is 18.4. The molecule has 0 saturated heterocycles. The minimum atomic E-state index is -4.59. The van der Waals surface area contributed by atoms with Crippen LogP contribution in [0.4, 0.5) is 11.4 Å². The van der Waals surface area contributed by atoms with E-state index in [-0.39, 0.29) is 10.3 Å². The summed E-state index contributed by atoms with van der Waals surface area (Å²) < 4.78 is 45.2. The Bertz CT molecular complexity index is 3110. The van der Waals surface area contributed by atoms with Crippen LogP contribution in [-0.4, -0.2) is 54.5 Å². The third kappa shape index (κ3) is 8.97. The Labute approximate surface area is 396 Å². The number of thiocarbonyl (C=S) groups is 1. The molecular formula is C56H60N4O4S2. The largest absolute Gasteiger partial charge is 0.744 e. The quantitative estimate of drug-likeness (QED) is 0.0553. The van der Waals surface area contributed by atoms with E-state index >= 15 is 0 Å². The number of allylic oxidation sites excluding steroid dienone is 7. The molecule has 0 atom stereocenters. The SMILES string of the molecule is CC#CCNC(=S)NCCc1ccc(OC2=C(/C=C/C3=[N+](CC)c4ccc5cc(S(=O)(=O)[O-])ccc5c4C3(C)C)CCC/C2=C\C=C2\N(CC)c3ccc4cc(C)ccc4c3C2(C)C)cc1. The first kappa shape index (κ1) is 46.5. The monoisotopic (exact) mass is 916 g/mol. The highest BCUT2D eigenvalue weighted by Crippen LogP contribution is 2.51. The molecule has 0 unspecified atom stereocenters. The number of ether oxygens (including phenoxy) is 1. The number of nitrogens with one attached hydrogen (secondary N) is 2. The van der Waals surface area contributed by atoms with E-state index in [2.05, 4.69) is 159 Å². The van der Waals surface area contributed by atoms with Gasteiger partial charge in [0.25, 0.3) is 0 Å². The van der Waals surface area contributed by atoms with Gasteiger partial charge in [0.2, 0.25) is 5.69 Å². The van der Waals surface area contributed by atoms with Gasteiger partial charge in [-0.3, -0.25) is 0 Å². The van der Waals surface area contributed by atoms with Gasteiger partial charge in [-0.1, -0.05) is 73.9 Å². The standard InChI is InChI=1S/C56H60N4O4S2/c1-9-12-33-57-54(65)58-34-32-38-17-23-43(24-18-38)64-53-39(21-30-49-55(5,6)51-45-26-16-37(4)35-41(45)19-28-47(51)59(49)10-2)14-13-15-40(53)22-31-50-56(7,8)52-46-27-25-44(66(61,62)63)36-42(46)20-29-48(52)60(50)11-3/h16-31,35-36H,10-11,13-15,32-34H2,1-8H3,(H2-,57,58,61,62,63,65).